The molecule has 3 amide bonds. The lowest BCUT2D eigenvalue weighted by Crippen LogP contribution is -2.41. The van der Waals surface area contributed by atoms with Crippen LogP contribution in [0.5, 0.6) is 5.75 Å². The standard InChI is InChI=1S/C30H24N4O4/c1-38-22-13-11-19(12-14-22)26-16-25(21-10-9-18-5-2-3-6-20(18)15-21)32-34(26)27(35)17-33-29(36)23-7-4-8-24(31)28(23)30(33)37/h2-15,26H,16-17,31H2,1H3. The summed E-state index contributed by atoms with van der Waals surface area (Å²) in [7, 11) is 1.59. The van der Waals surface area contributed by atoms with E-state index in [4.69, 9.17) is 15.6 Å². The Labute approximate surface area is 218 Å². The van der Waals surface area contributed by atoms with Gasteiger partial charge in [-0.3, -0.25) is 19.3 Å². The Balaban J connectivity index is 1.34. The number of amides is 3. The summed E-state index contributed by atoms with van der Waals surface area (Å²) < 4.78 is 5.29. The number of fused-ring (bicyclic) bond motifs is 2. The van der Waals surface area contributed by atoms with Gasteiger partial charge in [-0.2, -0.15) is 5.10 Å². The van der Waals surface area contributed by atoms with Gasteiger partial charge in [-0.25, -0.2) is 5.01 Å². The number of carbonyl (C=O) groups is 3. The molecule has 2 aliphatic rings. The average molecular weight is 505 g/mol. The van der Waals surface area contributed by atoms with Crippen LogP contribution in [0.3, 0.4) is 0 Å². The second-order valence-corrected chi connectivity index (χ2v) is 9.31. The Hall–Kier alpha value is -4.98. The van der Waals surface area contributed by atoms with Crippen LogP contribution >= 0.6 is 0 Å². The van der Waals surface area contributed by atoms with E-state index in [9.17, 15) is 14.4 Å². The van der Waals surface area contributed by atoms with Gasteiger partial charge in [0.05, 0.1) is 30.0 Å². The van der Waals surface area contributed by atoms with E-state index in [1.807, 2.05) is 60.7 Å². The molecule has 0 saturated heterocycles. The quantitative estimate of drug-likeness (QED) is 0.320. The summed E-state index contributed by atoms with van der Waals surface area (Å²) in [5, 5.41) is 8.29. The minimum Gasteiger partial charge on any atom is -0.497 e. The number of nitrogens with two attached hydrogens (primary N) is 1. The van der Waals surface area contributed by atoms with Gasteiger partial charge in [0.15, 0.2) is 0 Å². The Morgan fingerprint density at radius 3 is 2.45 bits per heavy atom. The van der Waals surface area contributed by atoms with Gasteiger partial charge >= 0.3 is 0 Å². The third-order valence-electron chi connectivity index (χ3n) is 7.07. The van der Waals surface area contributed by atoms with Crippen LogP contribution < -0.4 is 10.5 Å². The summed E-state index contributed by atoms with van der Waals surface area (Å²) in [4.78, 5) is 40.6. The van der Waals surface area contributed by atoms with E-state index in [1.165, 1.54) is 5.01 Å². The first kappa shape index (κ1) is 23.4. The van der Waals surface area contributed by atoms with Crippen molar-refractivity contribution in [2.24, 2.45) is 5.10 Å². The summed E-state index contributed by atoms with van der Waals surface area (Å²) in [6.07, 6.45) is 0.478. The number of nitrogens with zero attached hydrogens (tertiary/aromatic N) is 3. The maximum absolute atomic E-state index is 13.6. The number of carbonyl (C=O) groups excluding carboxylic acids is 3. The molecule has 0 aliphatic carbocycles. The summed E-state index contributed by atoms with van der Waals surface area (Å²) in [5.41, 5.74) is 9.03. The van der Waals surface area contributed by atoms with Crippen molar-refractivity contribution in [2.45, 2.75) is 12.5 Å². The van der Waals surface area contributed by atoms with Crippen LogP contribution in [-0.4, -0.2) is 47.0 Å². The number of nitrogen functional groups attached to an aromatic ring is 1. The van der Waals surface area contributed by atoms with Crippen molar-refractivity contribution in [3.8, 4) is 5.75 Å². The number of methoxy groups -OCH3 is 1. The molecule has 0 radical (unpaired) electrons. The van der Waals surface area contributed by atoms with Crippen molar-refractivity contribution < 1.29 is 19.1 Å². The molecule has 8 nitrogen and oxygen atoms in total. The Kier molecular flexibility index (Phi) is 5.64. The van der Waals surface area contributed by atoms with Gasteiger partial charge in [0, 0.05) is 12.1 Å². The molecular formula is C30H24N4O4. The van der Waals surface area contributed by atoms with Gasteiger partial charge in [0.25, 0.3) is 17.7 Å². The SMILES string of the molecule is COc1ccc(C2CC(c3ccc4ccccc4c3)=NN2C(=O)CN2C(=O)c3cccc(N)c3C2=O)cc1. The Bertz CT molecular complexity index is 1640. The third kappa shape index (κ3) is 3.87. The molecule has 0 aromatic heterocycles. The van der Waals surface area contributed by atoms with Crippen molar-refractivity contribution in [1.29, 1.82) is 0 Å². The predicted octanol–water partition coefficient (Wildman–Crippen LogP) is 4.40. The first-order valence-corrected chi connectivity index (χ1v) is 12.2. The number of hydrogen-bond acceptors (Lipinski definition) is 6. The minimum atomic E-state index is -0.574. The van der Waals surface area contributed by atoms with Crippen molar-refractivity contribution in [2.75, 3.05) is 19.4 Å². The first-order valence-electron chi connectivity index (χ1n) is 12.2. The van der Waals surface area contributed by atoms with Crippen molar-refractivity contribution >= 4 is 39.9 Å². The zero-order chi connectivity index (χ0) is 26.4. The van der Waals surface area contributed by atoms with Crippen molar-refractivity contribution in [3.05, 3.63) is 107 Å². The number of anilines is 1. The lowest BCUT2D eigenvalue weighted by molar-refractivity contribution is -0.133. The van der Waals surface area contributed by atoms with Gasteiger partial charge in [0.2, 0.25) is 0 Å². The smallest absolute Gasteiger partial charge is 0.264 e. The molecule has 1 atom stereocenters. The molecule has 0 fully saturated rings. The highest BCUT2D eigenvalue weighted by Crippen LogP contribution is 2.35. The number of ether oxygens (including phenoxy) is 1. The van der Waals surface area contributed by atoms with Crippen LogP contribution in [0.25, 0.3) is 10.8 Å². The minimum absolute atomic E-state index is 0.138. The molecule has 4 aromatic carbocycles. The fourth-order valence-corrected chi connectivity index (χ4v) is 5.08. The molecule has 0 spiro atoms. The van der Waals surface area contributed by atoms with E-state index in [-0.39, 0.29) is 16.8 Å². The average Bonchev–Trinajstić information content (AvgIpc) is 3.49. The monoisotopic (exact) mass is 504 g/mol. The van der Waals surface area contributed by atoms with E-state index in [1.54, 1.807) is 25.3 Å². The zero-order valence-electron chi connectivity index (χ0n) is 20.6. The summed E-state index contributed by atoms with van der Waals surface area (Å²) >= 11 is 0. The van der Waals surface area contributed by atoms with Gasteiger partial charge in [-0.1, -0.05) is 54.6 Å². The van der Waals surface area contributed by atoms with E-state index >= 15 is 0 Å². The molecule has 1 unspecified atom stereocenters. The van der Waals surface area contributed by atoms with Crippen LogP contribution in [0.4, 0.5) is 5.69 Å². The van der Waals surface area contributed by atoms with Gasteiger partial charge in [-0.05, 0) is 52.2 Å². The fraction of sp³-hybridized carbons (Fsp3) is 0.133. The van der Waals surface area contributed by atoms with Gasteiger partial charge in [0.1, 0.15) is 12.3 Å². The summed E-state index contributed by atoms with van der Waals surface area (Å²) in [5.74, 6) is -0.876. The maximum atomic E-state index is 13.6. The number of hydrazone groups is 1. The van der Waals surface area contributed by atoms with Gasteiger partial charge in [-0.15, -0.1) is 0 Å². The maximum Gasteiger partial charge on any atom is 0.264 e. The lowest BCUT2D eigenvalue weighted by Gasteiger charge is -2.24. The molecule has 8 heteroatoms. The number of imide groups is 1. The molecule has 38 heavy (non-hydrogen) atoms. The van der Waals surface area contributed by atoms with Crippen molar-refractivity contribution in [1.82, 2.24) is 9.91 Å². The molecule has 0 saturated carbocycles. The number of benzene rings is 4. The largest absolute Gasteiger partial charge is 0.497 e. The third-order valence-corrected chi connectivity index (χ3v) is 7.07. The summed E-state index contributed by atoms with van der Waals surface area (Å²) in [6, 6.07) is 25.9. The zero-order valence-corrected chi connectivity index (χ0v) is 20.6. The Morgan fingerprint density at radius 2 is 1.71 bits per heavy atom. The predicted molar refractivity (Wildman–Crippen MR) is 144 cm³/mol. The van der Waals surface area contributed by atoms with Crippen LogP contribution in [0, 0.1) is 0 Å². The van der Waals surface area contributed by atoms with E-state index in [2.05, 4.69) is 6.07 Å². The highest BCUT2D eigenvalue weighted by atomic mass is 16.5. The molecular weight excluding hydrogens is 480 g/mol. The van der Waals surface area contributed by atoms with Crippen LogP contribution in [0.15, 0.2) is 90.0 Å². The van der Waals surface area contributed by atoms with E-state index < -0.39 is 30.3 Å². The molecule has 2 heterocycles. The van der Waals surface area contributed by atoms with Gasteiger partial charge < -0.3 is 10.5 Å². The summed E-state index contributed by atoms with van der Waals surface area (Å²) in [6.45, 7) is -0.438. The lowest BCUT2D eigenvalue weighted by atomic mass is 9.97. The number of rotatable bonds is 5. The molecule has 2 aliphatic heterocycles. The molecule has 6 rings (SSSR count). The van der Waals surface area contributed by atoms with E-state index in [0.717, 1.165) is 32.5 Å². The second kappa shape index (κ2) is 9.15. The highest BCUT2D eigenvalue weighted by Gasteiger charge is 2.41. The number of hydrogen-bond donors (Lipinski definition) is 1. The second-order valence-electron chi connectivity index (χ2n) is 9.31. The van der Waals surface area contributed by atoms with Crippen LogP contribution in [0.1, 0.15) is 44.3 Å². The Morgan fingerprint density at radius 1 is 0.947 bits per heavy atom. The molecule has 2 N–H and O–H groups in total. The van der Waals surface area contributed by atoms with Crippen LogP contribution in [-0.2, 0) is 4.79 Å². The topological polar surface area (TPSA) is 105 Å². The molecule has 188 valence electrons. The van der Waals surface area contributed by atoms with Crippen molar-refractivity contribution in [3.63, 3.8) is 0 Å². The highest BCUT2D eigenvalue weighted by molar-refractivity contribution is 6.24. The van der Waals surface area contributed by atoms with Crippen LogP contribution in [0.2, 0.25) is 0 Å². The molecule has 0 bridgehead atoms. The van der Waals surface area contributed by atoms with E-state index in [0.29, 0.717) is 12.2 Å². The first-order chi connectivity index (χ1) is 18.4. The normalized spacial score (nSPS) is 16.7. The molecule has 4 aromatic rings. The fourth-order valence-electron chi connectivity index (χ4n) is 5.08.